The second kappa shape index (κ2) is 10.2. The average Bonchev–Trinajstić information content (AvgIpc) is 3.13. The summed E-state index contributed by atoms with van der Waals surface area (Å²) >= 11 is 0. The van der Waals surface area contributed by atoms with E-state index in [-0.39, 0.29) is 19.0 Å². The Kier molecular flexibility index (Phi) is 7.42. The molecule has 0 unspecified atom stereocenters. The summed E-state index contributed by atoms with van der Waals surface area (Å²) in [6.45, 7) is 4.14. The third kappa shape index (κ3) is 5.82. The van der Waals surface area contributed by atoms with Crippen LogP contribution in [0.15, 0.2) is 42.5 Å². The van der Waals surface area contributed by atoms with Crippen LogP contribution in [0.25, 0.3) is 11.1 Å². The minimum atomic E-state index is -0.573. The highest BCUT2D eigenvalue weighted by molar-refractivity contribution is 5.90. The number of amides is 3. The number of anilines is 1. The number of carbonyl (C=O) groups is 3. The van der Waals surface area contributed by atoms with E-state index in [0.29, 0.717) is 29.8 Å². The van der Waals surface area contributed by atoms with Crippen LogP contribution in [0, 0.1) is 5.82 Å². The molecule has 1 heterocycles. The summed E-state index contributed by atoms with van der Waals surface area (Å²) in [4.78, 5) is 35.6. The van der Waals surface area contributed by atoms with E-state index in [1.54, 1.807) is 19.1 Å². The molecule has 0 bridgehead atoms. The van der Waals surface area contributed by atoms with Gasteiger partial charge in [-0.15, -0.1) is 0 Å². The first-order valence-corrected chi connectivity index (χ1v) is 10.4. The van der Waals surface area contributed by atoms with Gasteiger partial charge in [0.25, 0.3) is 0 Å². The zero-order chi connectivity index (χ0) is 23.3. The van der Waals surface area contributed by atoms with Crippen LogP contribution in [0.3, 0.4) is 0 Å². The number of nitrogens with two attached hydrogens (primary N) is 1. The fraction of sp³-hybridized carbons (Fsp3) is 0.348. The number of halogens is 1. The van der Waals surface area contributed by atoms with Gasteiger partial charge in [0.05, 0.1) is 24.8 Å². The number of carbonyl (C=O) groups excluding carboxylic acids is 3. The molecule has 0 aliphatic carbocycles. The first-order valence-electron chi connectivity index (χ1n) is 10.4. The zero-order valence-corrected chi connectivity index (χ0v) is 18.1. The van der Waals surface area contributed by atoms with Gasteiger partial charge in [0, 0.05) is 12.5 Å². The van der Waals surface area contributed by atoms with Gasteiger partial charge >= 0.3 is 6.09 Å². The fourth-order valence-corrected chi connectivity index (χ4v) is 3.39. The van der Waals surface area contributed by atoms with Crippen LogP contribution in [0.2, 0.25) is 0 Å². The lowest BCUT2D eigenvalue weighted by atomic mass is 10.0. The summed E-state index contributed by atoms with van der Waals surface area (Å²) in [5.74, 6) is -1.06. The molecular weight excluding hydrogens is 415 g/mol. The Labute approximate surface area is 185 Å². The number of cyclic esters (lactones) is 1. The van der Waals surface area contributed by atoms with Crippen molar-refractivity contribution in [2.45, 2.75) is 32.4 Å². The average molecular weight is 442 g/mol. The molecule has 2 aromatic carbocycles. The summed E-state index contributed by atoms with van der Waals surface area (Å²) in [5, 5.41) is 5.65. The molecule has 0 aromatic heterocycles. The number of primary amides is 1. The molecule has 2 atom stereocenters. The van der Waals surface area contributed by atoms with Crippen LogP contribution in [-0.4, -0.2) is 49.7 Å². The van der Waals surface area contributed by atoms with Crippen molar-refractivity contribution in [2.24, 2.45) is 5.73 Å². The van der Waals surface area contributed by atoms with Gasteiger partial charge < -0.3 is 21.1 Å². The number of ether oxygens (including phenoxy) is 1. The van der Waals surface area contributed by atoms with Crippen molar-refractivity contribution >= 4 is 23.6 Å². The second-order valence-electron chi connectivity index (χ2n) is 7.74. The van der Waals surface area contributed by atoms with E-state index in [1.807, 2.05) is 24.3 Å². The van der Waals surface area contributed by atoms with Crippen LogP contribution in [0.1, 0.15) is 19.4 Å². The topological polar surface area (TPSA) is 114 Å². The SMILES string of the molecule is CC(=O)NC[C@H]1CN(c2ccc(-c3ccc(CCN[C@H](C)C(N)=O)cc3)c(F)c2)C(=O)O1. The van der Waals surface area contributed by atoms with E-state index in [2.05, 4.69) is 10.6 Å². The van der Waals surface area contributed by atoms with Gasteiger partial charge in [-0.2, -0.15) is 0 Å². The van der Waals surface area contributed by atoms with Crippen LogP contribution in [-0.2, 0) is 20.7 Å². The maximum atomic E-state index is 14.8. The number of hydrogen-bond donors (Lipinski definition) is 3. The minimum Gasteiger partial charge on any atom is -0.442 e. The zero-order valence-electron chi connectivity index (χ0n) is 18.1. The molecule has 2 aromatic rings. The van der Waals surface area contributed by atoms with Gasteiger partial charge in [-0.1, -0.05) is 24.3 Å². The Hall–Kier alpha value is -3.46. The molecule has 1 saturated heterocycles. The van der Waals surface area contributed by atoms with Gasteiger partial charge in [-0.05, 0) is 49.2 Å². The van der Waals surface area contributed by atoms with Gasteiger partial charge in [0.1, 0.15) is 11.9 Å². The maximum absolute atomic E-state index is 14.8. The number of hydrogen-bond acceptors (Lipinski definition) is 5. The number of nitrogens with one attached hydrogen (secondary N) is 2. The van der Waals surface area contributed by atoms with Crippen molar-refractivity contribution in [1.29, 1.82) is 0 Å². The molecule has 0 saturated carbocycles. The molecule has 32 heavy (non-hydrogen) atoms. The van der Waals surface area contributed by atoms with Crippen molar-refractivity contribution in [3.8, 4) is 11.1 Å². The number of nitrogens with zero attached hydrogens (tertiary/aromatic N) is 1. The lowest BCUT2D eigenvalue weighted by molar-refractivity contribution is -0.120. The van der Waals surface area contributed by atoms with Crippen molar-refractivity contribution in [2.75, 3.05) is 24.5 Å². The Morgan fingerprint density at radius 2 is 1.97 bits per heavy atom. The molecule has 4 N–H and O–H groups in total. The van der Waals surface area contributed by atoms with Crippen molar-refractivity contribution in [3.05, 3.63) is 53.8 Å². The first-order chi connectivity index (χ1) is 15.2. The molecule has 8 nitrogen and oxygen atoms in total. The molecule has 0 spiro atoms. The summed E-state index contributed by atoms with van der Waals surface area (Å²) in [7, 11) is 0. The summed E-state index contributed by atoms with van der Waals surface area (Å²) in [6.07, 6.45) is -0.353. The van der Waals surface area contributed by atoms with E-state index < -0.39 is 30.0 Å². The number of rotatable bonds is 9. The molecule has 170 valence electrons. The molecule has 1 fully saturated rings. The van der Waals surface area contributed by atoms with Gasteiger partial charge in [-0.3, -0.25) is 14.5 Å². The lowest BCUT2D eigenvalue weighted by Crippen LogP contribution is -2.39. The second-order valence-corrected chi connectivity index (χ2v) is 7.74. The highest BCUT2D eigenvalue weighted by atomic mass is 19.1. The maximum Gasteiger partial charge on any atom is 0.414 e. The van der Waals surface area contributed by atoms with Crippen LogP contribution in [0.5, 0.6) is 0 Å². The minimum absolute atomic E-state index is 0.210. The Morgan fingerprint density at radius 3 is 2.59 bits per heavy atom. The molecule has 1 aliphatic heterocycles. The monoisotopic (exact) mass is 442 g/mol. The molecule has 3 rings (SSSR count). The Balaban J connectivity index is 1.63. The molecule has 9 heteroatoms. The van der Waals surface area contributed by atoms with Crippen LogP contribution < -0.4 is 21.3 Å². The quantitative estimate of drug-likeness (QED) is 0.549. The van der Waals surface area contributed by atoms with Gasteiger partial charge in [-0.25, -0.2) is 9.18 Å². The van der Waals surface area contributed by atoms with E-state index in [9.17, 15) is 18.8 Å². The summed E-state index contributed by atoms with van der Waals surface area (Å²) in [5.41, 5.74) is 7.79. The normalized spacial score (nSPS) is 16.5. The van der Waals surface area contributed by atoms with Crippen LogP contribution in [0.4, 0.5) is 14.9 Å². The van der Waals surface area contributed by atoms with Crippen molar-refractivity contribution in [1.82, 2.24) is 10.6 Å². The Morgan fingerprint density at radius 1 is 1.25 bits per heavy atom. The van der Waals surface area contributed by atoms with Gasteiger partial charge in [0.15, 0.2) is 0 Å². The van der Waals surface area contributed by atoms with Gasteiger partial charge in [0.2, 0.25) is 11.8 Å². The highest BCUT2D eigenvalue weighted by Gasteiger charge is 2.32. The van der Waals surface area contributed by atoms with Crippen molar-refractivity contribution in [3.63, 3.8) is 0 Å². The third-order valence-electron chi connectivity index (χ3n) is 5.27. The van der Waals surface area contributed by atoms with E-state index in [4.69, 9.17) is 10.5 Å². The third-order valence-corrected chi connectivity index (χ3v) is 5.27. The standard InChI is InChI=1S/C23H27FN4O4/c1-14(22(25)30)26-10-9-16-3-5-17(6-4-16)20-8-7-18(11-21(20)24)28-13-19(32-23(28)31)12-27-15(2)29/h3-8,11,14,19,26H,9-10,12-13H2,1-2H3,(H2,25,30)(H,27,29)/t14-,19+/m1/s1. The largest absolute Gasteiger partial charge is 0.442 e. The number of benzene rings is 2. The predicted molar refractivity (Wildman–Crippen MR) is 118 cm³/mol. The first kappa shape index (κ1) is 23.2. The molecular formula is C23H27FN4O4. The molecule has 1 aliphatic rings. The summed E-state index contributed by atoms with van der Waals surface area (Å²) in [6, 6.07) is 11.7. The Bertz CT molecular complexity index is 996. The summed E-state index contributed by atoms with van der Waals surface area (Å²) < 4.78 is 20.1. The smallest absolute Gasteiger partial charge is 0.414 e. The molecule has 0 radical (unpaired) electrons. The molecule has 3 amide bonds. The van der Waals surface area contributed by atoms with E-state index in [0.717, 1.165) is 5.56 Å². The fourth-order valence-electron chi connectivity index (χ4n) is 3.39. The van der Waals surface area contributed by atoms with Crippen molar-refractivity contribution < 1.29 is 23.5 Å². The lowest BCUT2D eigenvalue weighted by Gasteiger charge is -2.15. The predicted octanol–water partition coefficient (Wildman–Crippen LogP) is 1.96. The van der Waals surface area contributed by atoms with E-state index in [1.165, 1.54) is 17.9 Å². The van der Waals surface area contributed by atoms with E-state index >= 15 is 0 Å². The van der Waals surface area contributed by atoms with Crippen LogP contribution >= 0.6 is 0 Å². The highest BCUT2D eigenvalue weighted by Crippen LogP contribution is 2.29.